The van der Waals surface area contributed by atoms with Gasteiger partial charge in [0.05, 0.1) is 17.5 Å². The van der Waals surface area contributed by atoms with E-state index in [2.05, 4.69) is 35.3 Å². The lowest BCUT2D eigenvalue weighted by Gasteiger charge is -2.22. The lowest BCUT2D eigenvalue weighted by Crippen LogP contribution is -2.34. The molecule has 11 nitrogen and oxygen atoms in total. The molecule has 1 aliphatic rings. The molecular formula is C24H17ClFN9O2. The second-order valence-corrected chi connectivity index (χ2v) is 9.07. The SMILES string of the molecule is C[C@]1(c2cc(=O)c(Cl)c[nH]2)C(=O)Nc2nc(-c3cn4ncnc4c(Cc4ccccc4F)n3)nc(N)c21. The van der Waals surface area contributed by atoms with Gasteiger partial charge in [-0.2, -0.15) is 5.10 Å². The zero-order valence-electron chi connectivity index (χ0n) is 19.2. The number of amides is 1. The summed E-state index contributed by atoms with van der Waals surface area (Å²) in [6, 6.07) is 7.63. The number of aromatic amines is 1. The van der Waals surface area contributed by atoms with Crippen LogP contribution in [0.5, 0.6) is 0 Å². The first-order chi connectivity index (χ1) is 17.8. The van der Waals surface area contributed by atoms with Crippen LogP contribution in [0.4, 0.5) is 16.0 Å². The van der Waals surface area contributed by atoms with Crippen LogP contribution >= 0.6 is 11.6 Å². The molecule has 0 unspecified atom stereocenters. The second-order valence-electron chi connectivity index (χ2n) is 8.66. The minimum absolute atomic E-state index is 0.00804. The number of benzene rings is 1. The number of hydrogen-bond acceptors (Lipinski definition) is 8. The van der Waals surface area contributed by atoms with Gasteiger partial charge in [-0.3, -0.25) is 9.59 Å². The van der Waals surface area contributed by atoms with E-state index in [9.17, 15) is 14.0 Å². The van der Waals surface area contributed by atoms with Crippen molar-refractivity contribution in [3.8, 4) is 11.5 Å². The molecule has 1 amide bonds. The van der Waals surface area contributed by atoms with E-state index in [0.29, 0.717) is 28.2 Å². The first-order valence-corrected chi connectivity index (χ1v) is 11.4. The largest absolute Gasteiger partial charge is 0.383 e. The van der Waals surface area contributed by atoms with Crippen molar-refractivity contribution in [3.05, 3.63) is 92.6 Å². The van der Waals surface area contributed by atoms with Gasteiger partial charge in [0.2, 0.25) is 5.91 Å². The van der Waals surface area contributed by atoms with E-state index in [-0.39, 0.29) is 40.4 Å². The molecule has 0 fully saturated rings. The minimum atomic E-state index is -1.36. The number of fused-ring (bicyclic) bond motifs is 2. The summed E-state index contributed by atoms with van der Waals surface area (Å²) in [4.78, 5) is 46.0. The van der Waals surface area contributed by atoms with Crippen LogP contribution in [0.1, 0.15) is 29.4 Å². The lowest BCUT2D eigenvalue weighted by molar-refractivity contribution is -0.119. The predicted octanol–water partition coefficient (Wildman–Crippen LogP) is 2.49. The number of rotatable bonds is 4. The molecule has 1 atom stereocenters. The normalized spacial score (nSPS) is 16.7. The number of hydrogen-bond donors (Lipinski definition) is 3. The summed E-state index contributed by atoms with van der Waals surface area (Å²) in [5.74, 6) is -0.488. The van der Waals surface area contributed by atoms with Gasteiger partial charge in [0.1, 0.15) is 39.9 Å². The van der Waals surface area contributed by atoms with Crippen LogP contribution in [0.25, 0.3) is 17.2 Å². The van der Waals surface area contributed by atoms with Crippen molar-refractivity contribution in [2.75, 3.05) is 11.1 Å². The highest BCUT2D eigenvalue weighted by molar-refractivity contribution is 6.30. The van der Waals surface area contributed by atoms with Gasteiger partial charge >= 0.3 is 0 Å². The number of nitrogen functional groups attached to an aromatic ring is 1. The molecule has 13 heteroatoms. The van der Waals surface area contributed by atoms with Crippen molar-refractivity contribution in [1.82, 2.24) is 34.5 Å². The minimum Gasteiger partial charge on any atom is -0.383 e. The smallest absolute Gasteiger partial charge is 0.242 e. The van der Waals surface area contributed by atoms with Gasteiger partial charge in [-0.15, -0.1) is 0 Å². The summed E-state index contributed by atoms with van der Waals surface area (Å²) < 4.78 is 15.8. The molecule has 0 saturated heterocycles. The third-order valence-electron chi connectivity index (χ3n) is 6.40. The molecule has 1 aliphatic heterocycles. The maximum atomic E-state index is 14.3. The number of aromatic nitrogens is 7. The zero-order chi connectivity index (χ0) is 25.9. The van der Waals surface area contributed by atoms with Crippen LogP contribution in [0.2, 0.25) is 5.02 Å². The molecule has 1 aromatic carbocycles. The molecule has 5 heterocycles. The quantitative estimate of drug-likeness (QED) is 0.328. The van der Waals surface area contributed by atoms with E-state index in [4.69, 9.17) is 17.3 Å². The number of anilines is 2. The Kier molecular flexibility index (Phi) is 5.02. The average molecular weight is 518 g/mol. The van der Waals surface area contributed by atoms with Gasteiger partial charge in [-0.1, -0.05) is 29.8 Å². The molecule has 0 spiro atoms. The highest BCUT2D eigenvalue weighted by Crippen LogP contribution is 2.44. The van der Waals surface area contributed by atoms with Crippen molar-refractivity contribution < 1.29 is 9.18 Å². The van der Waals surface area contributed by atoms with E-state index < -0.39 is 16.8 Å². The third-order valence-corrected chi connectivity index (χ3v) is 6.70. The monoisotopic (exact) mass is 517 g/mol. The Bertz CT molecular complexity index is 1800. The van der Waals surface area contributed by atoms with E-state index >= 15 is 0 Å². The average Bonchev–Trinajstić information content (AvgIpc) is 3.45. The highest BCUT2D eigenvalue weighted by atomic mass is 35.5. The topological polar surface area (TPSA) is 157 Å². The maximum absolute atomic E-state index is 14.3. The molecule has 0 bridgehead atoms. The van der Waals surface area contributed by atoms with E-state index in [1.54, 1.807) is 31.3 Å². The second kappa shape index (κ2) is 8.17. The first-order valence-electron chi connectivity index (χ1n) is 11.1. The predicted molar refractivity (Wildman–Crippen MR) is 133 cm³/mol. The van der Waals surface area contributed by atoms with Gasteiger partial charge in [0.25, 0.3) is 0 Å². The fourth-order valence-corrected chi connectivity index (χ4v) is 4.57. The fourth-order valence-electron chi connectivity index (χ4n) is 4.46. The highest BCUT2D eigenvalue weighted by Gasteiger charge is 2.48. The van der Waals surface area contributed by atoms with Crippen molar-refractivity contribution in [2.45, 2.75) is 18.8 Å². The van der Waals surface area contributed by atoms with Gasteiger partial charge < -0.3 is 16.0 Å². The lowest BCUT2D eigenvalue weighted by atomic mass is 9.81. The summed E-state index contributed by atoms with van der Waals surface area (Å²) in [7, 11) is 0. The molecule has 4 aromatic heterocycles. The van der Waals surface area contributed by atoms with Gasteiger partial charge in [-0.25, -0.2) is 28.8 Å². The molecule has 6 rings (SSSR count). The summed E-state index contributed by atoms with van der Waals surface area (Å²) >= 11 is 5.86. The number of H-pyrrole nitrogens is 1. The van der Waals surface area contributed by atoms with Crippen LogP contribution in [0.3, 0.4) is 0 Å². The molecule has 5 aromatic rings. The van der Waals surface area contributed by atoms with Crippen LogP contribution in [-0.2, 0) is 16.6 Å². The molecule has 37 heavy (non-hydrogen) atoms. The number of nitrogens with two attached hydrogens (primary N) is 1. The van der Waals surface area contributed by atoms with Gasteiger partial charge in [-0.05, 0) is 18.6 Å². The Morgan fingerprint density at radius 1 is 1.19 bits per heavy atom. The Labute approximate surface area is 212 Å². The number of nitrogens with one attached hydrogen (secondary N) is 2. The Morgan fingerprint density at radius 2 is 2.00 bits per heavy atom. The van der Waals surface area contributed by atoms with Gasteiger partial charge in [0, 0.05) is 24.4 Å². The van der Waals surface area contributed by atoms with Crippen molar-refractivity contribution >= 4 is 34.8 Å². The molecule has 184 valence electrons. The van der Waals surface area contributed by atoms with Crippen molar-refractivity contribution in [3.63, 3.8) is 0 Å². The summed E-state index contributed by atoms with van der Waals surface area (Å²) in [6.07, 6.45) is 4.40. The number of carbonyl (C=O) groups excluding carboxylic acids is 1. The van der Waals surface area contributed by atoms with Crippen LogP contribution in [0.15, 0.2) is 53.8 Å². The standard InChI is InChI=1S/C24H17ClFN9O2/c1-24(17-7-16(36)12(25)8-28-17)18-19(27)32-20(33-21(18)34-23(24)37)15-9-35-22(29-10-30-35)14(31-15)6-11-4-2-3-5-13(11)26/h2-5,7-10H,6H2,1H3,(H,28,36)(H3,27,32,33,34,37)/t24-/m1/s1. The van der Waals surface area contributed by atoms with E-state index in [1.165, 1.54) is 29.2 Å². The van der Waals surface area contributed by atoms with Crippen molar-refractivity contribution in [1.29, 1.82) is 0 Å². The molecule has 0 radical (unpaired) electrons. The number of nitrogens with zero attached hydrogens (tertiary/aromatic N) is 6. The van der Waals surface area contributed by atoms with E-state index in [0.717, 1.165) is 0 Å². The summed E-state index contributed by atoms with van der Waals surface area (Å²) in [5, 5.41) is 6.91. The number of halogens is 2. The molecule has 0 saturated carbocycles. The molecule has 4 N–H and O–H groups in total. The molecular weight excluding hydrogens is 501 g/mol. The zero-order valence-corrected chi connectivity index (χ0v) is 19.9. The van der Waals surface area contributed by atoms with Crippen LogP contribution < -0.4 is 16.5 Å². The molecule has 0 aliphatic carbocycles. The Hall–Kier alpha value is -4.71. The Morgan fingerprint density at radius 3 is 2.78 bits per heavy atom. The van der Waals surface area contributed by atoms with Crippen LogP contribution in [0, 0.1) is 5.82 Å². The van der Waals surface area contributed by atoms with Crippen LogP contribution in [-0.4, -0.2) is 40.4 Å². The van der Waals surface area contributed by atoms with Crippen molar-refractivity contribution in [2.24, 2.45) is 0 Å². The number of carbonyl (C=O) groups is 1. The summed E-state index contributed by atoms with van der Waals surface area (Å²) in [6.45, 7) is 1.61. The summed E-state index contributed by atoms with van der Waals surface area (Å²) in [5.41, 5.74) is 6.79. The van der Waals surface area contributed by atoms with E-state index in [1.807, 2.05) is 0 Å². The first kappa shape index (κ1) is 22.7. The Balaban J connectivity index is 1.47. The van der Waals surface area contributed by atoms with Gasteiger partial charge in [0.15, 0.2) is 16.9 Å². The maximum Gasteiger partial charge on any atom is 0.242 e. The third kappa shape index (κ3) is 3.52. The number of pyridine rings is 1. The fraction of sp³-hybridized carbons (Fsp3) is 0.125.